The van der Waals surface area contributed by atoms with E-state index in [2.05, 4.69) is 24.1 Å². The molecular weight excluding hydrogens is 240 g/mol. The van der Waals surface area contributed by atoms with Crippen LogP contribution in [0.2, 0.25) is 0 Å². The zero-order chi connectivity index (χ0) is 13.0. The van der Waals surface area contributed by atoms with E-state index in [4.69, 9.17) is 5.11 Å². The van der Waals surface area contributed by atoms with Crippen LogP contribution in [0, 0.1) is 5.92 Å². The molecule has 0 spiro atoms. The average molecular weight is 256 g/mol. The predicted octanol–water partition coefficient (Wildman–Crippen LogP) is 1.54. The summed E-state index contributed by atoms with van der Waals surface area (Å²) in [4.78, 5) is 26.4. The molecule has 0 bridgehead atoms. The van der Waals surface area contributed by atoms with Crippen LogP contribution in [0.3, 0.4) is 0 Å². The molecule has 17 heavy (non-hydrogen) atoms. The topological polar surface area (TPSA) is 79.3 Å². The molecule has 0 aromatic carbocycles. The Morgan fingerprint density at radius 1 is 1.47 bits per heavy atom. The summed E-state index contributed by atoms with van der Waals surface area (Å²) in [7, 11) is 0. The average Bonchev–Trinajstić information content (AvgIpc) is 2.64. The fraction of sp³-hybridized carbons (Fsp3) is 0.545. The molecule has 1 heterocycles. The lowest BCUT2D eigenvalue weighted by molar-refractivity contribution is -0.138. The number of nitrogens with one attached hydrogen (secondary N) is 1. The first-order valence-corrected chi connectivity index (χ1v) is 6.26. The van der Waals surface area contributed by atoms with Crippen molar-refractivity contribution < 1.29 is 14.7 Å². The fourth-order valence-corrected chi connectivity index (χ4v) is 2.18. The minimum atomic E-state index is -1.06. The summed E-state index contributed by atoms with van der Waals surface area (Å²) in [5.41, 5.74) is 0.291. The van der Waals surface area contributed by atoms with Gasteiger partial charge in [0, 0.05) is 11.8 Å². The van der Waals surface area contributed by atoms with E-state index in [0.717, 1.165) is 11.4 Å². The molecule has 0 aliphatic heterocycles. The van der Waals surface area contributed by atoms with Crippen LogP contribution in [-0.4, -0.2) is 28.0 Å². The van der Waals surface area contributed by atoms with Crippen molar-refractivity contribution >= 4 is 23.2 Å². The van der Waals surface area contributed by atoms with E-state index in [9.17, 15) is 9.59 Å². The first-order chi connectivity index (χ1) is 7.90. The minimum absolute atomic E-state index is 0.291. The molecule has 1 aromatic rings. The smallest absolute Gasteiger partial charge is 0.325 e. The number of thiazole rings is 1. The molecule has 2 N–H and O–H groups in total. The lowest BCUT2D eigenvalue weighted by atomic mass is 10.1. The normalized spacial score (nSPS) is 12.5. The van der Waals surface area contributed by atoms with Crippen molar-refractivity contribution in [1.29, 1.82) is 0 Å². The molecule has 0 saturated carbocycles. The molecule has 1 amide bonds. The minimum Gasteiger partial charge on any atom is -0.480 e. The van der Waals surface area contributed by atoms with Crippen molar-refractivity contribution in [2.75, 3.05) is 0 Å². The highest BCUT2D eigenvalue weighted by Gasteiger charge is 2.17. The number of carbonyl (C=O) groups excluding carboxylic acids is 1. The SMILES string of the molecule is CC(C)Cc1nc(C(=O)N[C@@H](C)C(=O)O)cs1. The molecule has 0 unspecified atom stereocenters. The van der Waals surface area contributed by atoms with Gasteiger partial charge in [0.15, 0.2) is 0 Å². The van der Waals surface area contributed by atoms with Gasteiger partial charge in [-0.1, -0.05) is 13.8 Å². The summed E-state index contributed by atoms with van der Waals surface area (Å²) in [6, 6.07) is -0.905. The Balaban J connectivity index is 2.64. The maximum absolute atomic E-state index is 11.6. The van der Waals surface area contributed by atoms with Crippen LogP contribution < -0.4 is 5.32 Å². The third-order valence-corrected chi connectivity index (χ3v) is 2.96. The summed E-state index contributed by atoms with van der Waals surface area (Å²) < 4.78 is 0. The molecular formula is C11H16N2O3S. The number of rotatable bonds is 5. The Hall–Kier alpha value is -1.43. The molecule has 5 nitrogen and oxygen atoms in total. The second-order valence-electron chi connectivity index (χ2n) is 4.26. The van der Waals surface area contributed by atoms with Gasteiger partial charge in [-0.2, -0.15) is 0 Å². The van der Waals surface area contributed by atoms with Crippen LogP contribution in [-0.2, 0) is 11.2 Å². The van der Waals surface area contributed by atoms with Crippen molar-refractivity contribution in [2.24, 2.45) is 5.92 Å². The molecule has 1 aromatic heterocycles. The van der Waals surface area contributed by atoms with E-state index < -0.39 is 17.9 Å². The number of carboxylic acids is 1. The molecule has 94 valence electrons. The maximum Gasteiger partial charge on any atom is 0.325 e. The number of aliphatic carboxylic acids is 1. The lowest BCUT2D eigenvalue weighted by Crippen LogP contribution is -2.38. The third kappa shape index (κ3) is 4.14. The summed E-state index contributed by atoms with van der Waals surface area (Å²) in [5.74, 6) is -1.02. The Kier molecular flexibility index (Phi) is 4.62. The van der Waals surface area contributed by atoms with Gasteiger partial charge in [0.05, 0.1) is 5.01 Å². The third-order valence-electron chi connectivity index (χ3n) is 2.09. The van der Waals surface area contributed by atoms with Crippen molar-refractivity contribution in [3.63, 3.8) is 0 Å². The number of carbonyl (C=O) groups is 2. The van der Waals surface area contributed by atoms with E-state index in [0.29, 0.717) is 11.6 Å². The number of amides is 1. The maximum atomic E-state index is 11.6. The predicted molar refractivity (Wildman–Crippen MR) is 65.2 cm³/mol. The molecule has 0 saturated heterocycles. The second kappa shape index (κ2) is 5.77. The van der Waals surface area contributed by atoms with Crippen molar-refractivity contribution in [2.45, 2.75) is 33.2 Å². The Morgan fingerprint density at radius 3 is 2.65 bits per heavy atom. The highest BCUT2D eigenvalue weighted by molar-refractivity contribution is 7.09. The van der Waals surface area contributed by atoms with Crippen LogP contribution in [0.4, 0.5) is 0 Å². The summed E-state index contributed by atoms with van der Waals surface area (Å²) in [6.07, 6.45) is 0.826. The first-order valence-electron chi connectivity index (χ1n) is 5.38. The van der Waals surface area contributed by atoms with Gasteiger partial charge in [-0.05, 0) is 12.8 Å². The summed E-state index contributed by atoms with van der Waals surface area (Å²) in [6.45, 7) is 5.57. The monoisotopic (exact) mass is 256 g/mol. The van der Waals surface area contributed by atoms with Gasteiger partial charge >= 0.3 is 5.97 Å². The Morgan fingerprint density at radius 2 is 2.12 bits per heavy atom. The van der Waals surface area contributed by atoms with E-state index in [1.165, 1.54) is 18.3 Å². The molecule has 0 fully saturated rings. The molecule has 0 aliphatic rings. The number of aromatic nitrogens is 1. The number of carboxylic acid groups (broad SMARTS) is 1. The van der Waals surface area contributed by atoms with E-state index in [-0.39, 0.29) is 0 Å². The van der Waals surface area contributed by atoms with Crippen molar-refractivity contribution in [1.82, 2.24) is 10.3 Å². The van der Waals surface area contributed by atoms with Crippen LogP contribution in [0.5, 0.6) is 0 Å². The molecule has 1 atom stereocenters. The van der Waals surface area contributed by atoms with Crippen LogP contribution >= 0.6 is 11.3 Å². The van der Waals surface area contributed by atoms with Crippen LogP contribution in [0.25, 0.3) is 0 Å². The highest BCUT2D eigenvalue weighted by atomic mass is 32.1. The van der Waals surface area contributed by atoms with Crippen LogP contribution in [0.1, 0.15) is 36.3 Å². The number of nitrogens with zero attached hydrogens (tertiary/aromatic N) is 1. The lowest BCUT2D eigenvalue weighted by Gasteiger charge is -2.06. The van der Waals surface area contributed by atoms with E-state index >= 15 is 0 Å². The Bertz CT molecular complexity index is 415. The zero-order valence-corrected chi connectivity index (χ0v) is 10.9. The van der Waals surface area contributed by atoms with Gasteiger partial charge in [0.1, 0.15) is 11.7 Å². The van der Waals surface area contributed by atoms with Gasteiger partial charge in [0.2, 0.25) is 0 Å². The van der Waals surface area contributed by atoms with Crippen molar-refractivity contribution in [3.05, 3.63) is 16.1 Å². The van der Waals surface area contributed by atoms with Gasteiger partial charge in [-0.15, -0.1) is 11.3 Å². The molecule has 0 aliphatic carbocycles. The highest BCUT2D eigenvalue weighted by Crippen LogP contribution is 2.14. The quantitative estimate of drug-likeness (QED) is 0.837. The largest absolute Gasteiger partial charge is 0.480 e. The van der Waals surface area contributed by atoms with Crippen molar-refractivity contribution in [3.8, 4) is 0 Å². The number of hydrogen-bond acceptors (Lipinski definition) is 4. The number of hydrogen-bond donors (Lipinski definition) is 2. The van der Waals surface area contributed by atoms with Crippen LogP contribution in [0.15, 0.2) is 5.38 Å². The van der Waals surface area contributed by atoms with E-state index in [1.807, 2.05) is 0 Å². The molecule has 1 rings (SSSR count). The summed E-state index contributed by atoms with van der Waals surface area (Å²) >= 11 is 1.42. The van der Waals surface area contributed by atoms with Gasteiger partial charge in [-0.3, -0.25) is 9.59 Å². The Labute approximate surface area is 104 Å². The van der Waals surface area contributed by atoms with Gasteiger partial charge < -0.3 is 10.4 Å². The van der Waals surface area contributed by atoms with E-state index in [1.54, 1.807) is 5.38 Å². The molecule has 0 radical (unpaired) electrons. The second-order valence-corrected chi connectivity index (χ2v) is 5.20. The summed E-state index contributed by atoms with van der Waals surface area (Å²) in [5, 5.41) is 13.6. The van der Waals surface area contributed by atoms with Gasteiger partial charge in [0.25, 0.3) is 5.91 Å². The fourth-order valence-electron chi connectivity index (χ4n) is 1.19. The zero-order valence-electron chi connectivity index (χ0n) is 10.1. The standard InChI is InChI=1S/C11H16N2O3S/c1-6(2)4-9-13-8(5-17-9)10(14)12-7(3)11(15)16/h5-7H,4H2,1-3H3,(H,12,14)(H,15,16)/t7-/m0/s1. The first kappa shape index (κ1) is 13.6. The molecule has 6 heteroatoms. The van der Waals surface area contributed by atoms with Gasteiger partial charge in [-0.25, -0.2) is 4.98 Å².